The minimum Gasteiger partial charge on any atom is -0.508 e. The fourth-order valence-corrected chi connectivity index (χ4v) is 2.20. The number of aromatic hydroxyl groups is 1. The van der Waals surface area contributed by atoms with Crippen LogP contribution >= 0.6 is 0 Å². The normalized spacial score (nSPS) is 10.5. The average Bonchev–Trinajstić information content (AvgIpc) is 2.53. The molecule has 0 atom stereocenters. The summed E-state index contributed by atoms with van der Waals surface area (Å²) < 4.78 is 5.35. The zero-order valence-corrected chi connectivity index (χ0v) is 11.7. The molecular formula is C17H16N2O2. The van der Waals surface area contributed by atoms with Gasteiger partial charge in [0, 0.05) is 11.1 Å². The van der Waals surface area contributed by atoms with Crippen molar-refractivity contribution in [3.63, 3.8) is 0 Å². The summed E-state index contributed by atoms with van der Waals surface area (Å²) in [4.78, 5) is 4.64. The third-order valence-electron chi connectivity index (χ3n) is 3.30. The van der Waals surface area contributed by atoms with E-state index >= 15 is 0 Å². The Bertz CT molecular complexity index is 754. The van der Waals surface area contributed by atoms with Gasteiger partial charge in [-0.1, -0.05) is 18.2 Å². The Morgan fingerprint density at radius 1 is 1.05 bits per heavy atom. The highest BCUT2D eigenvalue weighted by molar-refractivity contribution is 5.84. The van der Waals surface area contributed by atoms with Crippen molar-refractivity contribution in [2.75, 3.05) is 12.4 Å². The number of ether oxygens (including phenoxy) is 1. The van der Waals surface area contributed by atoms with Crippen LogP contribution in [-0.4, -0.2) is 17.2 Å². The zero-order chi connectivity index (χ0) is 14.7. The molecule has 0 bridgehead atoms. The molecule has 3 rings (SSSR count). The Morgan fingerprint density at radius 2 is 1.86 bits per heavy atom. The van der Waals surface area contributed by atoms with Crippen molar-refractivity contribution < 1.29 is 9.84 Å². The Morgan fingerprint density at radius 3 is 2.62 bits per heavy atom. The number of aromatic nitrogens is 1. The number of phenolic OH excluding ortho intramolecular Hbond substituents is 1. The molecule has 0 aliphatic rings. The highest BCUT2D eigenvalue weighted by Gasteiger charge is 2.04. The molecule has 2 N–H and O–H groups in total. The number of nitrogens with one attached hydrogen (secondary N) is 1. The predicted molar refractivity (Wildman–Crippen MR) is 83.7 cm³/mol. The number of benzene rings is 2. The van der Waals surface area contributed by atoms with Gasteiger partial charge in [0.15, 0.2) is 0 Å². The molecule has 1 heterocycles. The van der Waals surface area contributed by atoms with Gasteiger partial charge in [-0.15, -0.1) is 0 Å². The van der Waals surface area contributed by atoms with Crippen molar-refractivity contribution in [1.82, 2.24) is 4.98 Å². The molecule has 106 valence electrons. The molecule has 3 aromatic rings. The van der Waals surface area contributed by atoms with Crippen LogP contribution in [0.3, 0.4) is 0 Å². The molecule has 0 aliphatic heterocycles. The van der Waals surface area contributed by atoms with Crippen LogP contribution in [0.2, 0.25) is 0 Å². The lowest BCUT2D eigenvalue weighted by molar-refractivity contribution is 0.419. The molecule has 0 spiro atoms. The summed E-state index contributed by atoms with van der Waals surface area (Å²) >= 11 is 0. The van der Waals surface area contributed by atoms with Crippen molar-refractivity contribution in [2.24, 2.45) is 0 Å². The van der Waals surface area contributed by atoms with Crippen molar-refractivity contribution in [1.29, 1.82) is 0 Å². The summed E-state index contributed by atoms with van der Waals surface area (Å²) in [5.74, 6) is 1.04. The molecule has 0 unspecified atom stereocenters. The van der Waals surface area contributed by atoms with E-state index in [4.69, 9.17) is 4.74 Å². The summed E-state index contributed by atoms with van der Waals surface area (Å²) in [6.45, 7) is 0.610. The standard InChI is InChI=1S/C17H16N2O2/c1-21-16-4-2-3-12-5-6-14(19-17(12)16)11-18-13-7-9-15(20)10-8-13/h2-10,18,20H,11H2,1H3. The van der Waals surface area contributed by atoms with Crippen LogP contribution in [0, 0.1) is 0 Å². The zero-order valence-electron chi connectivity index (χ0n) is 11.7. The van der Waals surface area contributed by atoms with Crippen LogP contribution in [0.15, 0.2) is 54.6 Å². The number of phenols is 1. The highest BCUT2D eigenvalue weighted by atomic mass is 16.5. The van der Waals surface area contributed by atoms with Gasteiger partial charge in [0.2, 0.25) is 0 Å². The van der Waals surface area contributed by atoms with E-state index in [1.54, 1.807) is 19.2 Å². The van der Waals surface area contributed by atoms with Crippen molar-refractivity contribution in [2.45, 2.75) is 6.54 Å². The number of methoxy groups -OCH3 is 1. The van der Waals surface area contributed by atoms with Crippen LogP contribution < -0.4 is 10.1 Å². The molecule has 0 aliphatic carbocycles. The molecule has 0 saturated heterocycles. The fraction of sp³-hybridized carbons (Fsp3) is 0.118. The van der Waals surface area contributed by atoms with Gasteiger partial charge in [-0.25, -0.2) is 4.98 Å². The van der Waals surface area contributed by atoms with E-state index in [1.165, 1.54) is 0 Å². The lowest BCUT2D eigenvalue weighted by Crippen LogP contribution is -2.02. The summed E-state index contributed by atoms with van der Waals surface area (Å²) in [6, 6.07) is 16.9. The summed E-state index contributed by atoms with van der Waals surface area (Å²) in [5.41, 5.74) is 2.74. The van der Waals surface area contributed by atoms with Crippen molar-refractivity contribution in [3.8, 4) is 11.5 Å². The number of para-hydroxylation sites is 1. The topological polar surface area (TPSA) is 54.4 Å². The lowest BCUT2D eigenvalue weighted by Gasteiger charge is -2.09. The van der Waals surface area contributed by atoms with Gasteiger partial charge in [0.25, 0.3) is 0 Å². The first-order valence-corrected chi connectivity index (χ1v) is 6.72. The fourth-order valence-electron chi connectivity index (χ4n) is 2.20. The van der Waals surface area contributed by atoms with Crippen molar-refractivity contribution in [3.05, 3.63) is 60.3 Å². The van der Waals surface area contributed by atoms with Crippen LogP contribution in [0.4, 0.5) is 5.69 Å². The molecular weight excluding hydrogens is 264 g/mol. The van der Waals surface area contributed by atoms with Gasteiger partial charge >= 0.3 is 0 Å². The maximum absolute atomic E-state index is 9.26. The maximum atomic E-state index is 9.26. The molecule has 0 fully saturated rings. The maximum Gasteiger partial charge on any atom is 0.145 e. The number of pyridine rings is 1. The first kappa shape index (κ1) is 13.2. The number of hydrogen-bond donors (Lipinski definition) is 2. The third kappa shape index (κ3) is 2.89. The van der Waals surface area contributed by atoms with Gasteiger partial charge in [0.05, 0.1) is 19.3 Å². The van der Waals surface area contributed by atoms with Crippen LogP contribution in [-0.2, 0) is 6.54 Å². The molecule has 1 aromatic heterocycles. The second-order valence-electron chi connectivity index (χ2n) is 4.74. The Balaban J connectivity index is 1.82. The van der Waals surface area contributed by atoms with E-state index in [9.17, 15) is 5.11 Å². The molecule has 4 nitrogen and oxygen atoms in total. The third-order valence-corrected chi connectivity index (χ3v) is 3.30. The van der Waals surface area contributed by atoms with Crippen molar-refractivity contribution >= 4 is 16.6 Å². The predicted octanol–water partition coefficient (Wildman–Crippen LogP) is 3.56. The molecule has 0 amide bonds. The van der Waals surface area contributed by atoms with Crippen LogP contribution in [0.5, 0.6) is 11.5 Å². The second kappa shape index (κ2) is 5.71. The molecule has 4 heteroatoms. The van der Waals surface area contributed by atoms with Gasteiger partial charge in [0.1, 0.15) is 17.0 Å². The van der Waals surface area contributed by atoms with Crippen LogP contribution in [0.25, 0.3) is 10.9 Å². The van der Waals surface area contributed by atoms with Gasteiger partial charge < -0.3 is 15.2 Å². The molecule has 0 saturated carbocycles. The van der Waals surface area contributed by atoms with E-state index in [0.29, 0.717) is 6.54 Å². The first-order valence-electron chi connectivity index (χ1n) is 6.72. The van der Waals surface area contributed by atoms with Crippen LogP contribution in [0.1, 0.15) is 5.69 Å². The average molecular weight is 280 g/mol. The summed E-state index contributed by atoms with van der Waals surface area (Å²) in [5, 5.41) is 13.6. The minimum atomic E-state index is 0.258. The number of fused-ring (bicyclic) bond motifs is 1. The number of hydrogen-bond acceptors (Lipinski definition) is 4. The van der Waals surface area contributed by atoms with Gasteiger partial charge in [-0.2, -0.15) is 0 Å². The lowest BCUT2D eigenvalue weighted by atomic mass is 10.2. The summed E-state index contributed by atoms with van der Waals surface area (Å²) in [6.07, 6.45) is 0. The van der Waals surface area contributed by atoms with Gasteiger partial charge in [-0.05, 0) is 36.4 Å². The summed E-state index contributed by atoms with van der Waals surface area (Å²) in [7, 11) is 1.65. The molecule has 21 heavy (non-hydrogen) atoms. The minimum absolute atomic E-state index is 0.258. The highest BCUT2D eigenvalue weighted by Crippen LogP contribution is 2.23. The van der Waals surface area contributed by atoms with E-state index in [0.717, 1.165) is 28.0 Å². The number of anilines is 1. The quantitative estimate of drug-likeness (QED) is 0.717. The Kier molecular flexibility index (Phi) is 3.60. The Labute approximate surface area is 123 Å². The second-order valence-corrected chi connectivity index (χ2v) is 4.74. The number of nitrogens with zero attached hydrogens (tertiary/aromatic N) is 1. The SMILES string of the molecule is COc1cccc2ccc(CNc3ccc(O)cc3)nc12. The first-order chi connectivity index (χ1) is 10.3. The largest absolute Gasteiger partial charge is 0.508 e. The smallest absolute Gasteiger partial charge is 0.145 e. The van der Waals surface area contributed by atoms with Gasteiger partial charge in [-0.3, -0.25) is 0 Å². The van der Waals surface area contributed by atoms with E-state index in [1.807, 2.05) is 42.5 Å². The molecule has 0 radical (unpaired) electrons. The van der Waals surface area contributed by atoms with E-state index in [-0.39, 0.29) is 5.75 Å². The van der Waals surface area contributed by atoms with E-state index in [2.05, 4.69) is 10.3 Å². The Hall–Kier alpha value is -2.75. The molecule has 2 aromatic carbocycles. The number of rotatable bonds is 4. The van der Waals surface area contributed by atoms with E-state index < -0.39 is 0 Å². The monoisotopic (exact) mass is 280 g/mol.